The Kier molecular flexibility index (Phi) is 1.67. The number of pyridine rings is 1. The summed E-state index contributed by atoms with van der Waals surface area (Å²) in [5, 5.41) is 9.21. The van der Waals surface area contributed by atoms with E-state index in [-0.39, 0.29) is 11.3 Å². The molecular weight excluding hydrogens is 190 g/mol. The maximum absolute atomic E-state index is 11.2. The number of carboxylic acid groups (broad SMARTS) is 1. The SMILES string of the molecule is O=C(O)C1CC2CC1(c1ccccn1)C2. The molecule has 78 valence electrons. The van der Waals surface area contributed by atoms with Crippen LogP contribution in [0.25, 0.3) is 0 Å². The molecule has 0 spiro atoms. The minimum Gasteiger partial charge on any atom is -0.481 e. The lowest BCUT2D eigenvalue weighted by Gasteiger charge is -2.39. The summed E-state index contributed by atoms with van der Waals surface area (Å²) < 4.78 is 0. The molecule has 0 radical (unpaired) electrons. The molecule has 1 heterocycles. The maximum atomic E-state index is 11.2. The van der Waals surface area contributed by atoms with Gasteiger partial charge < -0.3 is 5.11 Å². The molecule has 3 heteroatoms. The van der Waals surface area contributed by atoms with Crippen LogP contribution in [0.1, 0.15) is 25.0 Å². The molecule has 1 unspecified atom stereocenters. The van der Waals surface area contributed by atoms with Crippen molar-refractivity contribution in [3.8, 4) is 0 Å². The van der Waals surface area contributed by atoms with E-state index in [9.17, 15) is 9.90 Å². The number of carbonyl (C=O) groups is 1. The number of nitrogens with zero attached hydrogens (tertiary/aromatic N) is 1. The third-order valence-corrected chi connectivity index (χ3v) is 4.02. The van der Waals surface area contributed by atoms with Gasteiger partial charge in [0.25, 0.3) is 0 Å². The summed E-state index contributed by atoms with van der Waals surface area (Å²) in [6.45, 7) is 0. The fraction of sp³-hybridized carbons (Fsp3) is 0.500. The third-order valence-electron chi connectivity index (χ3n) is 4.02. The molecule has 4 rings (SSSR count). The first-order valence-electron chi connectivity index (χ1n) is 5.37. The van der Waals surface area contributed by atoms with Crippen LogP contribution in [0.5, 0.6) is 0 Å². The first-order valence-corrected chi connectivity index (χ1v) is 5.37. The van der Waals surface area contributed by atoms with Crippen molar-refractivity contribution in [1.82, 2.24) is 4.98 Å². The van der Waals surface area contributed by atoms with Gasteiger partial charge in [0.15, 0.2) is 0 Å². The zero-order valence-electron chi connectivity index (χ0n) is 8.39. The Morgan fingerprint density at radius 2 is 2.27 bits per heavy atom. The monoisotopic (exact) mass is 203 g/mol. The second kappa shape index (κ2) is 2.81. The minimum atomic E-state index is -0.652. The van der Waals surface area contributed by atoms with Gasteiger partial charge in [0.05, 0.1) is 5.92 Å². The van der Waals surface area contributed by atoms with E-state index in [2.05, 4.69) is 4.98 Å². The zero-order chi connectivity index (χ0) is 10.5. The highest BCUT2D eigenvalue weighted by Crippen LogP contribution is 2.62. The highest BCUT2D eigenvalue weighted by molar-refractivity contribution is 5.74. The van der Waals surface area contributed by atoms with Crippen molar-refractivity contribution < 1.29 is 9.90 Å². The first-order chi connectivity index (χ1) is 7.22. The average Bonchev–Trinajstić information content (AvgIpc) is 2.73. The molecule has 1 aromatic rings. The normalized spacial score (nSPS) is 37.3. The molecule has 3 aliphatic carbocycles. The Hall–Kier alpha value is -1.38. The van der Waals surface area contributed by atoms with Gasteiger partial charge in [-0.2, -0.15) is 0 Å². The molecule has 3 saturated carbocycles. The van der Waals surface area contributed by atoms with Crippen molar-refractivity contribution in [2.24, 2.45) is 11.8 Å². The van der Waals surface area contributed by atoms with E-state index < -0.39 is 5.97 Å². The lowest BCUT2D eigenvalue weighted by molar-refractivity contribution is -0.143. The summed E-state index contributed by atoms with van der Waals surface area (Å²) in [5.74, 6) is -0.244. The lowest BCUT2D eigenvalue weighted by Crippen LogP contribution is -2.40. The van der Waals surface area contributed by atoms with E-state index in [1.54, 1.807) is 6.20 Å². The zero-order valence-corrected chi connectivity index (χ0v) is 8.39. The van der Waals surface area contributed by atoms with E-state index in [1.807, 2.05) is 18.2 Å². The number of aliphatic carboxylic acids is 1. The number of fused-ring (bicyclic) bond motifs is 1. The average molecular weight is 203 g/mol. The minimum absolute atomic E-state index is 0.141. The van der Waals surface area contributed by atoms with Crippen LogP contribution < -0.4 is 0 Å². The Morgan fingerprint density at radius 1 is 1.47 bits per heavy atom. The quantitative estimate of drug-likeness (QED) is 0.797. The molecule has 0 amide bonds. The highest BCUT2D eigenvalue weighted by Gasteiger charge is 2.61. The topological polar surface area (TPSA) is 50.2 Å². The van der Waals surface area contributed by atoms with Gasteiger partial charge in [-0.1, -0.05) is 6.07 Å². The van der Waals surface area contributed by atoms with Crippen molar-refractivity contribution in [3.05, 3.63) is 30.1 Å². The molecule has 1 atom stereocenters. The Bertz CT molecular complexity index is 395. The van der Waals surface area contributed by atoms with Gasteiger partial charge in [-0.15, -0.1) is 0 Å². The van der Waals surface area contributed by atoms with E-state index in [0.29, 0.717) is 5.92 Å². The van der Waals surface area contributed by atoms with Crippen LogP contribution in [0.15, 0.2) is 24.4 Å². The van der Waals surface area contributed by atoms with Gasteiger partial charge in [0, 0.05) is 17.3 Å². The lowest BCUT2D eigenvalue weighted by atomic mass is 9.64. The van der Waals surface area contributed by atoms with Gasteiger partial charge in [0.2, 0.25) is 0 Å². The van der Waals surface area contributed by atoms with Crippen LogP contribution >= 0.6 is 0 Å². The van der Waals surface area contributed by atoms with Crippen molar-refractivity contribution in [1.29, 1.82) is 0 Å². The number of aromatic nitrogens is 1. The Labute approximate surface area is 88.1 Å². The molecule has 3 fully saturated rings. The highest BCUT2D eigenvalue weighted by atomic mass is 16.4. The Morgan fingerprint density at radius 3 is 2.87 bits per heavy atom. The summed E-state index contributed by atoms with van der Waals surface area (Å²) in [5.41, 5.74) is 0.837. The molecule has 0 saturated heterocycles. The van der Waals surface area contributed by atoms with Gasteiger partial charge in [-0.3, -0.25) is 9.78 Å². The smallest absolute Gasteiger partial charge is 0.307 e. The van der Waals surface area contributed by atoms with Crippen LogP contribution in [-0.2, 0) is 10.2 Å². The molecule has 0 aliphatic heterocycles. The number of hydrogen-bond donors (Lipinski definition) is 1. The number of rotatable bonds is 2. The van der Waals surface area contributed by atoms with Crippen LogP contribution in [0, 0.1) is 11.8 Å². The Balaban J connectivity index is 2.01. The molecule has 3 nitrogen and oxygen atoms in total. The molecule has 15 heavy (non-hydrogen) atoms. The van der Waals surface area contributed by atoms with Gasteiger partial charge in [-0.25, -0.2) is 0 Å². The molecule has 1 N–H and O–H groups in total. The molecule has 1 aromatic heterocycles. The van der Waals surface area contributed by atoms with E-state index in [1.165, 1.54) is 0 Å². The van der Waals surface area contributed by atoms with Crippen molar-refractivity contribution >= 4 is 5.97 Å². The van der Waals surface area contributed by atoms with E-state index in [4.69, 9.17) is 0 Å². The standard InChI is InChI=1S/C12H13NO2/c14-11(15)9-5-8-6-12(9,7-8)10-3-1-2-4-13-10/h1-4,8-9H,5-7H2,(H,14,15). The second-order valence-electron chi connectivity index (χ2n) is 4.77. The predicted octanol–water partition coefficient (Wildman–Crippen LogP) is 1.83. The summed E-state index contributed by atoms with van der Waals surface area (Å²) in [6.07, 6.45) is 4.63. The van der Waals surface area contributed by atoms with Crippen molar-refractivity contribution in [2.75, 3.05) is 0 Å². The summed E-state index contributed by atoms with van der Waals surface area (Å²) in [6, 6.07) is 5.79. The van der Waals surface area contributed by atoms with Crippen LogP contribution in [-0.4, -0.2) is 16.1 Å². The summed E-state index contributed by atoms with van der Waals surface area (Å²) in [7, 11) is 0. The van der Waals surface area contributed by atoms with Crippen molar-refractivity contribution in [3.63, 3.8) is 0 Å². The molecular formula is C12H13NO2. The summed E-state index contributed by atoms with van der Waals surface area (Å²) >= 11 is 0. The van der Waals surface area contributed by atoms with Crippen LogP contribution in [0.4, 0.5) is 0 Å². The molecule has 0 aromatic carbocycles. The van der Waals surface area contributed by atoms with Crippen LogP contribution in [0.3, 0.4) is 0 Å². The van der Waals surface area contributed by atoms with E-state index in [0.717, 1.165) is 25.0 Å². The summed E-state index contributed by atoms with van der Waals surface area (Å²) in [4.78, 5) is 15.5. The van der Waals surface area contributed by atoms with Gasteiger partial charge in [0.1, 0.15) is 0 Å². The third kappa shape index (κ3) is 1.06. The molecule has 2 bridgehead atoms. The predicted molar refractivity (Wildman–Crippen MR) is 54.4 cm³/mol. The largest absolute Gasteiger partial charge is 0.481 e. The second-order valence-corrected chi connectivity index (χ2v) is 4.77. The maximum Gasteiger partial charge on any atom is 0.307 e. The molecule has 3 aliphatic rings. The number of carboxylic acids is 1. The first kappa shape index (κ1) is 8.89. The van der Waals surface area contributed by atoms with E-state index >= 15 is 0 Å². The van der Waals surface area contributed by atoms with Gasteiger partial charge >= 0.3 is 5.97 Å². The fourth-order valence-electron chi connectivity index (χ4n) is 3.36. The number of hydrogen-bond acceptors (Lipinski definition) is 2. The van der Waals surface area contributed by atoms with Crippen LogP contribution in [0.2, 0.25) is 0 Å². The van der Waals surface area contributed by atoms with Crippen molar-refractivity contribution in [2.45, 2.75) is 24.7 Å². The van der Waals surface area contributed by atoms with Gasteiger partial charge in [-0.05, 0) is 37.3 Å². The fourth-order valence-corrected chi connectivity index (χ4v) is 3.36.